The molecular weight excluding hydrogens is 244 g/mol. The summed E-state index contributed by atoms with van der Waals surface area (Å²) >= 11 is 0. The molecule has 2 heterocycles. The maximum absolute atomic E-state index is 10.8. The molecule has 0 radical (unpaired) electrons. The van der Waals surface area contributed by atoms with Gasteiger partial charge in [0.25, 0.3) is 0 Å². The Morgan fingerprint density at radius 1 is 1.47 bits per heavy atom. The minimum absolute atomic E-state index is 0.101. The molecule has 1 atom stereocenters. The van der Waals surface area contributed by atoms with Crippen LogP contribution in [0.25, 0.3) is 11.3 Å². The van der Waals surface area contributed by atoms with Crippen molar-refractivity contribution in [1.29, 1.82) is 0 Å². The summed E-state index contributed by atoms with van der Waals surface area (Å²) in [6, 6.07) is 4.53. The van der Waals surface area contributed by atoms with Crippen LogP contribution in [0.5, 0.6) is 0 Å². The van der Waals surface area contributed by atoms with E-state index < -0.39 is 12.0 Å². The number of carboxylic acids is 1. The second-order valence-electron chi connectivity index (χ2n) is 4.20. The van der Waals surface area contributed by atoms with Crippen molar-refractivity contribution in [2.24, 2.45) is 5.73 Å². The van der Waals surface area contributed by atoms with Gasteiger partial charge in [-0.25, -0.2) is 9.97 Å². The monoisotopic (exact) mass is 258 g/mol. The van der Waals surface area contributed by atoms with Crippen LogP contribution in [0.4, 0.5) is 0 Å². The third-order valence-corrected chi connectivity index (χ3v) is 2.58. The van der Waals surface area contributed by atoms with Gasteiger partial charge in [-0.3, -0.25) is 9.78 Å². The number of carbonyl (C=O) groups is 1. The van der Waals surface area contributed by atoms with Gasteiger partial charge in [0.05, 0.1) is 5.69 Å². The van der Waals surface area contributed by atoms with Gasteiger partial charge in [0.15, 0.2) is 0 Å². The number of hydrogen-bond donors (Lipinski definition) is 2. The van der Waals surface area contributed by atoms with Gasteiger partial charge in [-0.05, 0) is 25.1 Å². The molecule has 0 bridgehead atoms. The molecule has 0 aliphatic heterocycles. The summed E-state index contributed by atoms with van der Waals surface area (Å²) in [5.74, 6) is -0.637. The van der Waals surface area contributed by atoms with Gasteiger partial charge in [-0.2, -0.15) is 0 Å². The first kappa shape index (κ1) is 13.1. The van der Waals surface area contributed by atoms with Crippen LogP contribution in [-0.4, -0.2) is 32.1 Å². The zero-order chi connectivity index (χ0) is 13.8. The first-order valence-corrected chi connectivity index (χ1v) is 5.79. The summed E-state index contributed by atoms with van der Waals surface area (Å²) in [7, 11) is 0. The highest BCUT2D eigenvalue weighted by molar-refractivity contribution is 5.73. The average molecular weight is 258 g/mol. The Morgan fingerprint density at radius 2 is 2.26 bits per heavy atom. The number of hydrogen-bond acceptors (Lipinski definition) is 5. The fourth-order valence-corrected chi connectivity index (χ4v) is 1.67. The van der Waals surface area contributed by atoms with E-state index in [9.17, 15) is 4.79 Å². The fraction of sp³-hybridized carbons (Fsp3) is 0.231. The Labute approximate surface area is 110 Å². The summed E-state index contributed by atoms with van der Waals surface area (Å²) in [5, 5.41) is 8.81. The molecule has 0 spiro atoms. The molecule has 3 N–H and O–H groups in total. The first-order chi connectivity index (χ1) is 9.06. The summed E-state index contributed by atoms with van der Waals surface area (Å²) in [6.45, 7) is 1.83. The van der Waals surface area contributed by atoms with E-state index in [4.69, 9.17) is 10.8 Å². The van der Waals surface area contributed by atoms with E-state index in [0.29, 0.717) is 11.5 Å². The van der Waals surface area contributed by atoms with Gasteiger partial charge in [0.2, 0.25) is 0 Å². The topological polar surface area (TPSA) is 102 Å². The van der Waals surface area contributed by atoms with E-state index in [2.05, 4.69) is 15.0 Å². The van der Waals surface area contributed by atoms with E-state index in [-0.39, 0.29) is 6.42 Å². The van der Waals surface area contributed by atoms with Crippen LogP contribution in [-0.2, 0) is 11.2 Å². The Bertz CT molecular complexity index is 586. The van der Waals surface area contributed by atoms with Crippen molar-refractivity contribution < 1.29 is 9.90 Å². The lowest BCUT2D eigenvalue weighted by Gasteiger charge is -2.08. The molecule has 0 fully saturated rings. The normalized spacial score (nSPS) is 12.1. The Morgan fingerprint density at radius 3 is 2.89 bits per heavy atom. The lowest BCUT2D eigenvalue weighted by atomic mass is 10.1. The molecule has 0 saturated carbocycles. The molecule has 2 aromatic heterocycles. The molecule has 0 saturated heterocycles. The van der Waals surface area contributed by atoms with E-state index in [0.717, 1.165) is 11.3 Å². The second kappa shape index (κ2) is 5.53. The molecular formula is C13H14N4O2. The first-order valence-electron chi connectivity index (χ1n) is 5.79. The number of pyridine rings is 1. The lowest BCUT2D eigenvalue weighted by molar-refractivity contribution is -0.138. The van der Waals surface area contributed by atoms with Crippen molar-refractivity contribution in [3.05, 3.63) is 42.1 Å². The van der Waals surface area contributed by atoms with Crippen LogP contribution in [0.1, 0.15) is 11.5 Å². The number of aromatic nitrogens is 3. The van der Waals surface area contributed by atoms with Gasteiger partial charge in [-0.15, -0.1) is 0 Å². The summed E-state index contributed by atoms with van der Waals surface area (Å²) < 4.78 is 0. The molecule has 1 unspecified atom stereocenters. The zero-order valence-electron chi connectivity index (χ0n) is 10.4. The van der Waals surface area contributed by atoms with Crippen LogP contribution in [0.3, 0.4) is 0 Å². The van der Waals surface area contributed by atoms with Gasteiger partial charge in [-0.1, -0.05) is 0 Å². The standard InChI is InChI=1S/C13H14N4O2/c1-8-5-11(9-3-2-4-15-7-9)17-12(16-8)6-10(14)13(18)19/h2-5,7,10H,6,14H2,1H3,(H,18,19). The molecule has 0 aliphatic rings. The van der Waals surface area contributed by atoms with Crippen molar-refractivity contribution in [2.45, 2.75) is 19.4 Å². The van der Waals surface area contributed by atoms with Crippen LogP contribution in [0, 0.1) is 6.92 Å². The quantitative estimate of drug-likeness (QED) is 0.841. The zero-order valence-corrected chi connectivity index (χ0v) is 10.4. The Balaban J connectivity index is 2.32. The van der Waals surface area contributed by atoms with Gasteiger partial charge < -0.3 is 10.8 Å². The predicted molar refractivity (Wildman–Crippen MR) is 69.3 cm³/mol. The predicted octanol–water partition coefficient (Wildman–Crippen LogP) is 0.801. The molecule has 0 amide bonds. The number of aliphatic carboxylic acids is 1. The van der Waals surface area contributed by atoms with E-state index >= 15 is 0 Å². The van der Waals surface area contributed by atoms with Crippen molar-refractivity contribution >= 4 is 5.97 Å². The molecule has 2 aromatic rings. The molecule has 0 aliphatic carbocycles. The van der Waals surface area contributed by atoms with Crippen molar-refractivity contribution in [3.63, 3.8) is 0 Å². The summed E-state index contributed by atoms with van der Waals surface area (Å²) in [4.78, 5) is 23.3. The number of nitrogens with two attached hydrogens (primary N) is 1. The maximum atomic E-state index is 10.8. The molecule has 6 nitrogen and oxygen atoms in total. The van der Waals surface area contributed by atoms with E-state index in [1.54, 1.807) is 12.4 Å². The number of nitrogens with zero attached hydrogens (tertiary/aromatic N) is 3. The van der Waals surface area contributed by atoms with Crippen LogP contribution in [0.15, 0.2) is 30.6 Å². The van der Waals surface area contributed by atoms with Gasteiger partial charge in [0.1, 0.15) is 11.9 Å². The summed E-state index contributed by atoms with van der Waals surface area (Å²) in [6.07, 6.45) is 3.48. The highest BCUT2D eigenvalue weighted by atomic mass is 16.4. The Kier molecular flexibility index (Phi) is 3.82. The third-order valence-electron chi connectivity index (χ3n) is 2.58. The summed E-state index contributed by atoms with van der Waals surface area (Å²) in [5.41, 5.74) is 7.84. The second-order valence-corrected chi connectivity index (χ2v) is 4.20. The smallest absolute Gasteiger partial charge is 0.320 e. The number of aryl methyl sites for hydroxylation is 1. The van der Waals surface area contributed by atoms with Crippen LogP contribution >= 0.6 is 0 Å². The molecule has 2 rings (SSSR count). The third kappa shape index (κ3) is 3.32. The van der Waals surface area contributed by atoms with E-state index in [1.807, 2.05) is 25.1 Å². The lowest BCUT2D eigenvalue weighted by Crippen LogP contribution is -2.33. The van der Waals surface area contributed by atoms with Crippen LogP contribution in [0.2, 0.25) is 0 Å². The maximum Gasteiger partial charge on any atom is 0.320 e. The van der Waals surface area contributed by atoms with Gasteiger partial charge in [0, 0.05) is 30.1 Å². The molecule has 0 aromatic carbocycles. The van der Waals surface area contributed by atoms with Crippen molar-refractivity contribution in [1.82, 2.24) is 15.0 Å². The number of rotatable bonds is 4. The minimum Gasteiger partial charge on any atom is -0.480 e. The molecule has 98 valence electrons. The van der Waals surface area contributed by atoms with Crippen molar-refractivity contribution in [3.8, 4) is 11.3 Å². The van der Waals surface area contributed by atoms with E-state index in [1.165, 1.54) is 0 Å². The highest BCUT2D eigenvalue weighted by Crippen LogP contribution is 2.16. The van der Waals surface area contributed by atoms with Gasteiger partial charge >= 0.3 is 5.97 Å². The van der Waals surface area contributed by atoms with Crippen LogP contribution < -0.4 is 5.73 Å². The average Bonchev–Trinajstić information content (AvgIpc) is 2.39. The minimum atomic E-state index is -1.06. The fourth-order valence-electron chi connectivity index (χ4n) is 1.67. The molecule has 6 heteroatoms. The highest BCUT2D eigenvalue weighted by Gasteiger charge is 2.15. The van der Waals surface area contributed by atoms with Crippen molar-refractivity contribution in [2.75, 3.05) is 0 Å². The SMILES string of the molecule is Cc1cc(-c2cccnc2)nc(CC(N)C(=O)O)n1. The molecule has 19 heavy (non-hydrogen) atoms. The largest absolute Gasteiger partial charge is 0.480 e. The Hall–Kier alpha value is -2.34. The number of carboxylic acid groups (broad SMARTS) is 1.